The van der Waals surface area contributed by atoms with Gasteiger partial charge in [0.1, 0.15) is 0 Å². The van der Waals surface area contributed by atoms with Gasteiger partial charge in [0.05, 0.1) is 10.6 Å². The highest BCUT2D eigenvalue weighted by molar-refractivity contribution is 7.15. The third kappa shape index (κ3) is 5.69. The third-order valence-electron chi connectivity index (χ3n) is 4.56. The number of benzene rings is 1. The molecular weight excluding hydrogens is 458 g/mol. The Morgan fingerprint density at radius 2 is 2.03 bits per heavy atom. The number of hydroxylamine groups is 1. The monoisotopic (exact) mass is 477 g/mol. The standard InChI is InChI=1S/C23H19N5O3S2/c1-14-4-5-16(25-22(30)20-8-6-17(33-20)7-9-21(29)28-31)11-18(14)26-23-27-19(13-32-23)15-3-2-10-24-12-15/h2-13,31H,1H3,(H,25,30)(H,26,27)(H,28,29)/b9-7+. The van der Waals surface area contributed by atoms with Gasteiger partial charge in [0, 0.05) is 45.7 Å². The van der Waals surface area contributed by atoms with Crippen LogP contribution >= 0.6 is 22.7 Å². The quantitative estimate of drug-likeness (QED) is 0.167. The highest BCUT2D eigenvalue weighted by Crippen LogP contribution is 2.29. The number of aromatic nitrogens is 2. The molecule has 0 saturated carbocycles. The molecule has 166 valence electrons. The van der Waals surface area contributed by atoms with Crippen molar-refractivity contribution in [3.05, 3.63) is 81.6 Å². The molecule has 0 aliphatic rings. The van der Waals surface area contributed by atoms with Crippen LogP contribution in [-0.2, 0) is 4.79 Å². The molecule has 4 aromatic rings. The lowest BCUT2D eigenvalue weighted by atomic mass is 10.2. The molecule has 3 heterocycles. The summed E-state index contributed by atoms with van der Waals surface area (Å²) in [6.45, 7) is 1.98. The molecule has 0 aliphatic heterocycles. The van der Waals surface area contributed by atoms with E-state index in [0.717, 1.165) is 27.6 Å². The molecule has 0 spiro atoms. The molecule has 1 aromatic carbocycles. The van der Waals surface area contributed by atoms with Gasteiger partial charge in [0.15, 0.2) is 5.13 Å². The predicted octanol–water partition coefficient (Wildman–Crippen LogP) is 5.09. The minimum Gasteiger partial charge on any atom is -0.331 e. The number of carbonyl (C=O) groups excluding carboxylic acids is 2. The first-order valence-electron chi connectivity index (χ1n) is 9.79. The number of hydrogen-bond donors (Lipinski definition) is 4. The minimum atomic E-state index is -0.637. The van der Waals surface area contributed by atoms with Crippen molar-refractivity contribution in [2.45, 2.75) is 6.92 Å². The number of thiazole rings is 1. The van der Waals surface area contributed by atoms with Crippen molar-refractivity contribution >= 4 is 57.1 Å². The van der Waals surface area contributed by atoms with E-state index in [4.69, 9.17) is 5.21 Å². The molecule has 0 atom stereocenters. The maximum absolute atomic E-state index is 12.7. The molecule has 4 N–H and O–H groups in total. The first-order valence-corrected chi connectivity index (χ1v) is 11.5. The second-order valence-corrected chi connectivity index (χ2v) is 8.87. The van der Waals surface area contributed by atoms with Crippen LogP contribution in [0.2, 0.25) is 0 Å². The summed E-state index contributed by atoms with van der Waals surface area (Å²) in [5, 5.41) is 17.5. The molecule has 0 aliphatic carbocycles. The van der Waals surface area contributed by atoms with E-state index in [-0.39, 0.29) is 5.91 Å². The summed E-state index contributed by atoms with van der Waals surface area (Å²) in [5.41, 5.74) is 5.80. The van der Waals surface area contributed by atoms with Gasteiger partial charge in [-0.2, -0.15) is 0 Å². The first kappa shape index (κ1) is 22.3. The SMILES string of the molecule is Cc1ccc(NC(=O)c2ccc(/C=C/C(=O)NO)s2)cc1Nc1nc(-c2cccnc2)cs1. The summed E-state index contributed by atoms with van der Waals surface area (Å²) in [6, 6.07) is 12.9. The van der Waals surface area contributed by atoms with Gasteiger partial charge in [-0.05, 0) is 55.0 Å². The van der Waals surface area contributed by atoms with E-state index < -0.39 is 5.91 Å². The number of anilines is 3. The van der Waals surface area contributed by atoms with Gasteiger partial charge in [-0.15, -0.1) is 22.7 Å². The summed E-state index contributed by atoms with van der Waals surface area (Å²) in [4.78, 5) is 33.7. The van der Waals surface area contributed by atoms with E-state index in [0.29, 0.717) is 15.4 Å². The maximum atomic E-state index is 12.7. The number of nitrogens with one attached hydrogen (secondary N) is 3. The Balaban J connectivity index is 1.45. The van der Waals surface area contributed by atoms with Gasteiger partial charge >= 0.3 is 0 Å². The Morgan fingerprint density at radius 1 is 1.15 bits per heavy atom. The van der Waals surface area contributed by atoms with Crippen molar-refractivity contribution in [2.75, 3.05) is 10.6 Å². The lowest BCUT2D eigenvalue weighted by Crippen LogP contribution is -2.14. The largest absolute Gasteiger partial charge is 0.331 e. The number of carbonyl (C=O) groups is 2. The highest BCUT2D eigenvalue weighted by Gasteiger charge is 2.11. The average Bonchev–Trinajstić information content (AvgIpc) is 3.50. The van der Waals surface area contributed by atoms with Gasteiger partial charge in [-0.3, -0.25) is 19.8 Å². The average molecular weight is 478 g/mol. The van der Waals surface area contributed by atoms with E-state index in [9.17, 15) is 9.59 Å². The summed E-state index contributed by atoms with van der Waals surface area (Å²) in [6.07, 6.45) is 6.20. The zero-order valence-corrected chi connectivity index (χ0v) is 19.0. The molecule has 4 rings (SSSR count). The highest BCUT2D eigenvalue weighted by atomic mass is 32.1. The van der Waals surface area contributed by atoms with Gasteiger partial charge in [0.2, 0.25) is 0 Å². The molecule has 0 saturated heterocycles. The molecule has 0 radical (unpaired) electrons. The number of hydrogen-bond acceptors (Lipinski definition) is 8. The predicted molar refractivity (Wildman–Crippen MR) is 131 cm³/mol. The second kappa shape index (κ2) is 10.2. The van der Waals surface area contributed by atoms with Gasteiger partial charge in [0.25, 0.3) is 11.8 Å². The number of rotatable bonds is 7. The van der Waals surface area contributed by atoms with Crippen molar-refractivity contribution in [3.63, 3.8) is 0 Å². The van der Waals surface area contributed by atoms with E-state index in [1.54, 1.807) is 24.5 Å². The zero-order chi connectivity index (χ0) is 23.2. The van der Waals surface area contributed by atoms with Gasteiger partial charge in [-0.25, -0.2) is 10.5 Å². The minimum absolute atomic E-state index is 0.255. The second-order valence-electron chi connectivity index (χ2n) is 6.90. The smallest absolute Gasteiger partial charge is 0.267 e. The van der Waals surface area contributed by atoms with Crippen molar-refractivity contribution in [2.24, 2.45) is 0 Å². The molecule has 33 heavy (non-hydrogen) atoms. The molecule has 3 aromatic heterocycles. The Morgan fingerprint density at radius 3 is 2.82 bits per heavy atom. The zero-order valence-electron chi connectivity index (χ0n) is 17.4. The van der Waals surface area contributed by atoms with Crippen molar-refractivity contribution in [3.8, 4) is 11.3 Å². The van der Waals surface area contributed by atoms with Crippen molar-refractivity contribution in [1.82, 2.24) is 15.4 Å². The molecule has 10 heteroatoms. The molecule has 8 nitrogen and oxygen atoms in total. The lowest BCUT2D eigenvalue weighted by Gasteiger charge is -2.10. The first-order chi connectivity index (χ1) is 16.0. The van der Waals surface area contributed by atoms with Crippen LogP contribution in [0.15, 0.2) is 66.3 Å². The Labute approximate surface area is 197 Å². The van der Waals surface area contributed by atoms with Gasteiger partial charge in [-0.1, -0.05) is 6.07 Å². The third-order valence-corrected chi connectivity index (χ3v) is 6.37. The van der Waals surface area contributed by atoms with Gasteiger partial charge < -0.3 is 10.6 Å². The molecule has 0 unspecified atom stereocenters. The number of nitrogens with zero attached hydrogens (tertiary/aromatic N) is 2. The fraction of sp³-hybridized carbons (Fsp3) is 0.0435. The Bertz CT molecular complexity index is 1310. The van der Waals surface area contributed by atoms with E-state index in [2.05, 4.69) is 20.6 Å². The van der Waals surface area contributed by atoms with Crippen LogP contribution in [0, 0.1) is 6.92 Å². The normalized spacial score (nSPS) is 10.8. The fourth-order valence-electron chi connectivity index (χ4n) is 2.88. The van der Waals surface area contributed by atoms with Crippen LogP contribution in [0.4, 0.5) is 16.5 Å². The molecular formula is C23H19N5O3S2. The molecule has 0 fully saturated rings. The van der Waals surface area contributed by atoms with Crippen LogP contribution in [0.1, 0.15) is 20.1 Å². The fourth-order valence-corrected chi connectivity index (χ4v) is 4.42. The van der Waals surface area contributed by atoms with Crippen LogP contribution in [0.5, 0.6) is 0 Å². The summed E-state index contributed by atoms with van der Waals surface area (Å²) < 4.78 is 0. The lowest BCUT2D eigenvalue weighted by molar-refractivity contribution is -0.124. The number of thiophene rings is 1. The molecule has 2 amide bonds. The molecule has 0 bridgehead atoms. The van der Waals surface area contributed by atoms with Crippen LogP contribution < -0.4 is 16.1 Å². The van der Waals surface area contributed by atoms with Crippen LogP contribution in [0.3, 0.4) is 0 Å². The summed E-state index contributed by atoms with van der Waals surface area (Å²) in [5.74, 6) is -0.893. The number of aryl methyl sites for hydroxylation is 1. The van der Waals surface area contributed by atoms with Crippen molar-refractivity contribution in [1.29, 1.82) is 0 Å². The Hall–Kier alpha value is -3.86. The summed E-state index contributed by atoms with van der Waals surface area (Å²) in [7, 11) is 0. The summed E-state index contributed by atoms with van der Waals surface area (Å²) >= 11 is 2.72. The van der Waals surface area contributed by atoms with E-state index >= 15 is 0 Å². The number of pyridine rings is 1. The maximum Gasteiger partial charge on any atom is 0.267 e. The topological polar surface area (TPSA) is 116 Å². The number of amides is 2. The Kier molecular flexibility index (Phi) is 6.89. The van der Waals surface area contributed by atoms with Crippen LogP contribution in [-0.4, -0.2) is 27.0 Å². The van der Waals surface area contributed by atoms with E-state index in [1.807, 2.05) is 42.6 Å². The van der Waals surface area contributed by atoms with Crippen molar-refractivity contribution < 1.29 is 14.8 Å². The van der Waals surface area contributed by atoms with E-state index in [1.165, 1.54) is 40.3 Å². The van der Waals surface area contributed by atoms with Crippen LogP contribution in [0.25, 0.3) is 17.3 Å².